The van der Waals surface area contributed by atoms with Crippen molar-refractivity contribution in [2.45, 2.75) is 20.1 Å². The minimum absolute atomic E-state index is 0.111. The van der Waals surface area contributed by atoms with E-state index < -0.39 is 0 Å². The average Bonchev–Trinajstić information content (AvgIpc) is 2.72. The van der Waals surface area contributed by atoms with Crippen molar-refractivity contribution in [2.75, 3.05) is 0 Å². The fourth-order valence-electron chi connectivity index (χ4n) is 2.54. The van der Waals surface area contributed by atoms with Crippen LogP contribution in [0.3, 0.4) is 0 Å². The summed E-state index contributed by atoms with van der Waals surface area (Å²) < 4.78 is 5.77. The first-order valence-corrected chi connectivity index (χ1v) is 8.97. The van der Waals surface area contributed by atoms with E-state index in [0.717, 1.165) is 22.4 Å². The minimum Gasteiger partial charge on any atom is -0.489 e. The maximum absolute atomic E-state index is 12.0. The van der Waals surface area contributed by atoms with Crippen LogP contribution in [0, 0.1) is 6.92 Å². The van der Waals surface area contributed by atoms with E-state index in [2.05, 4.69) is 5.32 Å². The monoisotopic (exact) mass is 357 g/mol. The van der Waals surface area contributed by atoms with Gasteiger partial charge in [-0.3, -0.25) is 4.79 Å². The van der Waals surface area contributed by atoms with Crippen LogP contribution in [0.15, 0.2) is 84.9 Å². The molecule has 136 valence electrons. The van der Waals surface area contributed by atoms with Gasteiger partial charge in [0.15, 0.2) is 0 Å². The summed E-state index contributed by atoms with van der Waals surface area (Å²) in [6.45, 7) is 3.11. The van der Waals surface area contributed by atoms with Gasteiger partial charge in [-0.2, -0.15) is 0 Å². The van der Waals surface area contributed by atoms with Crippen molar-refractivity contribution in [1.29, 1.82) is 0 Å². The van der Waals surface area contributed by atoms with E-state index in [4.69, 9.17) is 4.74 Å². The highest BCUT2D eigenvalue weighted by atomic mass is 16.5. The lowest BCUT2D eigenvalue weighted by atomic mass is 10.1. The van der Waals surface area contributed by atoms with Crippen LogP contribution in [0.5, 0.6) is 5.75 Å². The first kappa shape index (κ1) is 18.5. The molecule has 0 aliphatic heterocycles. The molecule has 0 fully saturated rings. The smallest absolute Gasteiger partial charge is 0.244 e. The Hall–Kier alpha value is -3.33. The number of aryl methyl sites for hydroxylation is 1. The maximum Gasteiger partial charge on any atom is 0.244 e. The Balaban J connectivity index is 1.46. The average molecular weight is 357 g/mol. The highest BCUT2D eigenvalue weighted by Crippen LogP contribution is 2.15. The van der Waals surface area contributed by atoms with Gasteiger partial charge < -0.3 is 10.1 Å². The van der Waals surface area contributed by atoms with Gasteiger partial charge in [0.1, 0.15) is 12.4 Å². The highest BCUT2D eigenvalue weighted by molar-refractivity contribution is 5.91. The zero-order chi connectivity index (χ0) is 18.9. The molecule has 3 heteroatoms. The van der Waals surface area contributed by atoms with Gasteiger partial charge in [0.2, 0.25) is 5.91 Å². The fourth-order valence-corrected chi connectivity index (χ4v) is 2.54. The molecule has 1 amide bonds. The summed E-state index contributed by atoms with van der Waals surface area (Å²) in [4.78, 5) is 12.0. The van der Waals surface area contributed by atoms with Gasteiger partial charge in [-0.25, -0.2) is 0 Å². The molecule has 0 bridgehead atoms. The molecule has 3 aromatic carbocycles. The molecule has 0 atom stereocenters. The number of ether oxygens (including phenoxy) is 1. The molecular weight excluding hydrogens is 334 g/mol. The van der Waals surface area contributed by atoms with Crippen LogP contribution in [-0.4, -0.2) is 5.91 Å². The molecule has 27 heavy (non-hydrogen) atoms. The van der Waals surface area contributed by atoms with Crippen LogP contribution in [0.4, 0.5) is 0 Å². The van der Waals surface area contributed by atoms with Crippen molar-refractivity contribution in [1.82, 2.24) is 5.32 Å². The maximum atomic E-state index is 12.0. The lowest BCUT2D eigenvalue weighted by Gasteiger charge is -2.06. The Morgan fingerprint density at radius 2 is 1.59 bits per heavy atom. The number of carbonyl (C=O) groups is 1. The summed E-state index contributed by atoms with van der Waals surface area (Å²) in [6.07, 6.45) is 3.35. The molecule has 3 aromatic rings. The lowest BCUT2D eigenvalue weighted by molar-refractivity contribution is -0.116. The minimum atomic E-state index is -0.111. The zero-order valence-corrected chi connectivity index (χ0v) is 15.4. The van der Waals surface area contributed by atoms with Crippen molar-refractivity contribution < 1.29 is 9.53 Å². The largest absolute Gasteiger partial charge is 0.489 e. The second kappa shape index (κ2) is 9.39. The highest BCUT2D eigenvalue weighted by Gasteiger charge is 1.98. The third kappa shape index (κ3) is 6.15. The van der Waals surface area contributed by atoms with Gasteiger partial charge in [0.25, 0.3) is 0 Å². The Bertz CT molecular complexity index is 882. The van der Waals surface area contributed by atoms with E-state index in [1.807, 2.05) is 85.8 Å². The number of carbonyl (C=O) groups excluding carboxylic acids is 1. The van der Waals surface area contributed by atoms with Gasteiger partial charge in [-0.15, -0.1) is 0 Å². The van der Waals surface area contributed by atoms with Crippen LogP contribution in [0.25, 0.3) is 6.08 Å². The van der Waals surface area contributed by atoms with Crippen molar-refractivity contribution in [3.05, 3.63) is 107 Å². The summed E-state index contributed by atoms with van der Waals surface area (Å²) in [5.41, 5.74) is 4.38. The van der Waals surface area contributed by atoms with Crippen LogP contribution < -0.4 is 10.1 Å². The topological polar surface area (TPSA) is 38.3 Å². The van der Waals surface area contributed by atoms with Crippen molar-refractivity contribution in [3.63, 3.8) is 0 Å². The molecule has 0 heterocycles. The van der Waals surface area contributed by atoms with Gasteiger partial charge in [0, 0.05) is 12.6 Å². The molecule has 0 unspecified atom stereocenters. The van der Waals surface area contributed by atoms with Crippen molar-refractivity contribution in [2.24, 2.45) is 0 Å². The van der Waals surface area contributed by atoms with Gasteiger partial charge in [-0.1, -0.05) is 72.3 Å². The normalized spacial score (nSPS) is 10.7. The molecule has 0 saturated heterocycles. The predicted octanol–water partition coefficient (Wildman–Crippen LogP) is 4.90. The Morgan fingerprint density at radius 1 is 0.889 bits per heavy atom. The summed E-state index contributed by atoms with van der Waals surface area (Å²) in [5.74, 6) is 0.694. The van der Waals surface area contributed by atoms with E-state index in [1.165, 1.54) is 5.56 Å². The van der Waals surface area contributed by atoms with Gasteiger partial charge in [-0.05, 0) is 41.8 Å². The lowest BCUT2D eigenvalue weighted by Crippen LogP contribution is -2.20. The Kier molecular flexibility index (Phi) is 6.42. The van der Waals surface area contributed by atoms with E-state index in [-0.39, 0.29) is 5.91 Å². The van der Waals surface area contributed by atoms with E-state index in [1.54, 1.807) is 12.2 Å². The second-order valence-electron chi connectivity index (χ2n) is 6.38. The fraction of sp³-hybridized carbons (Fsp3) is 0.125. The standard InChI is InChI=1S/C24H23NO2/c1-19-7-9-21(10-8-19)17-25-24(26)16-13-20-11-14-23(15-12-20)27-18-22-5-3-2-4-6-22/h2-16H,17-18H2,1H3,(H,25,26)/b16-13+. The van der Waals surface area contributed by atoms with E-state index in [9.17, 15) is 4.79 Å². The summed E-state index contributed by atoms with van der Waals surface area (Å²) in [5, 5.41) is 2.89. The summed E-state index contributed by atoms with van der Waals surface area (Å²) >= 11 is 0. The summed E-state index contributed by atoms with van der Waals surface area (Å²) in [7, 11) is 0. The first-order valence-electron chi connectivity index (χ1n) is 8.97. The molecule has 0 aliphatic rings. The van der Waals surface area contributed by atoms with Crippen LogP contribution in [0.2, 0.25) is 0 Å². The molecule has 1 N–H and O–H groups in total. The predicted molar refractivity (Wildman–Crippen MR) is 109 cm³/mol. The number of nitrogens with one attached hydrogen (secondary N) is 1. The SMILES string of the molecule is Cc1ccc(CNC(=O)/C=C/c2ccc(OCc3ccccc3)cc2)cc1. The van der Waals surface area contributed by atoms with Crippen molar-refractivity contribution in [3.8, 4) is 5.75 Å². The van der Waals surface area contributed by atoms with E-state index >= 15 is 0 Å². The van der Waals surface area contributed by atoms with Crippen molar-refractivity contribution >= 4 is 12.0 Å². The molecule has 3 nitrogen and oxygen atoms in total. The zero-order valence-electron chi connectivity index (χ0n) is 15.4. The molecule has 0 radical (unpaired) electrons. The number of hydrogen-bond acceptors (Lipinski definition) is 2. The third-order valence-electron chi connectivity index (χ3n) is 4.14. The molecule has 0 saturated carbocycles. The molecular formula is C24H23NO2. The molecule has 0 spiro atoms. The van der Waals surface area contributed by atoms with Crippen LogP contribution in [-0.2, 0) is 17.9 Å². The van der Waals surface area contributed by atoms with Crippen LogP contribution in [0.1, 0.15) is 22.3 Å². The Morgan fingerprint density at radius 3 is 2.30 bits per heavy atom. The third-order valence-corrected chi connectivity index (χ3v) is 4.14. The second-order valence-corrected chi connectivity index (χ2v) is 6.38. The number of benzene rings is 3. The van der Waals surface area contributed by atoms with Gasteiger partial charge in [0.05, 0.1) is 0 Å². The van der Waals surface area contributed by atoms with Gasteiger partial charge >= 0.3 is 0 Å². The first-order chi connectivity index (χ1) is 13.2. The quantitative estimate of drug-likeness (QED) is 0.611. The Labute approximate surface area is 160 Å². The van der Waals surface area contributed by atoms with Crippen LogP contribution >= 0.6 is 0 Å². The number of rotatable bonds is 7. The molecule has 0 aromatic heterocycles. The summed E-state index contributed by atoms with van der Waals surface area (Å²) in [6, 6.07) is 25.9. The number of hydrogen-bond donors (Lipinski definition) is 1. The molecule has 0 aliphatic carbocycles. The van der Waals surface area contributed by atoms with E-state index in [0.29, 0.717) is 13.2 Å². The number of amides is 1. The molecule has 3 rings (SSSR count).